The molecule has 0 spiro atoms. The first-order valence-corrected chi connectivity index (χ1v) is 5.38. The van der Waals surface area contributed by atoms with Crippen LogP contribution in [0.3, 0.4) is 0 Å². The summed E-state index contributed by atoms with van der Waals surface area (Å²) in [4.78, 5) is 10.6. The lowest BCUT2D eigenvalue weighted by atomic mass is 10.2. The summed E-state index contributed by atoms with van der Waals surface area (Å²) in [5.74, 6) is 5.67. The highest BCUT2D eigenvalue weighted by atomic mass is 32.1. The Morgan fingerprint density at radius 2 is 2.29 bits per heavy atom. The third-order valence-corrected chi connectivity index (χ3v) is 1.89. The Balaban J connectivity index is 2.65. The standard InChI is InChI=1S/C12H13N3OS/c1-9(16)14-7-3-5-10-4-2-6-11(8-10)15-12(13)17/h2,4,6,8H,7H2,1H3,(H,14,16)(H3,13,15,17). The van der Waals surface area contributed by atoms with E-state index in [1.807, 2.05) is 24.3 Å². The molecule has 0 aliphatic rings. The molecule has 4 N–H and O–H groups in total. The molecule has 5 heteroatoms. The second-order valence-electron chi connectivity index (χ2n) is 3.28. The monoisotopic (exact) mass is 247 g/mol. The van der Waals surface area contributed by atoms with E-state index < -0.39 is 0 Å². The zero-order valence-electron chi connectivity index (χ0n) is 9.41. The maximum atomic E-state index is 10.6. The van der Waals surface area contributed by atoms with Gasteiger partial charge in [-0.1, -0.05) is 17.9 Å². The zero-order valence-corrected chi connectivity index (χ0v) is 10.2. The van der Waals surface area contributed by atoms with Crippen molar-refractivity contribution in [3.63, 3.8) is 0 Å². The number of carbonyl (C=O) groups excluding carboxylic acids is 1. The van der Waals surface area contributed by atoms with Gasteiger partial charge in [0, 0.05) is 18.2 Å². The maximum absolute atomic E-state index is 10.6. The summed E-state index contributed by atoms with van der Waals surface area (Å²) in [6.07, 6.45) is 0. The van der Waals surface area contributed by atoms with Gasteiger partial charge in [-0.15, -0.1) is 0 Å². The van der Waals surface area contributed by atoms with E-state index in [1.54, 1.807) is 0 Å². The van der Waals surface area contributed by atoms with Gasteiger partial charge < -0.3 is 16.4 Å². The van der Waals surface area contributed by atoms with Crippen LogP contribution in [-0.2, 0) is 4.79 Å². The number of nitrogens with two attached hydrogens (primary N) is 1. The Kier molecular flexibility index (Phi) is 4.98. The Labute approximate surface area is 106 Å². The fourth-order valence-corrected chi connectivity index (χ4v) is 1.25. The average Bonchev–Trinajstić information content (AvgIpc) is 2.24. The van der Waals surface area contributed by atoms with Crippen LogP contribution >= 0.6 is 12.2 Å². The van der Waals surface area contributed by atoms with Crippen molar-refractivity contribution in [3.8, 4) is 11.8 Å². The first-order chi connectivity index (χ1) is 8.08. The molecular weight excluding hydrogens is 234 g/mol. The summed E-state index contributed by atoms with van der Waals surface area (Å²) >= 11 is 4.74. The van der Waals surface area contributed by atoms with Gasteiger partial charge in [0.25, 0.3) is 0 Å². The van der Waals surface area contributed by atoms with Crippen LogP contribution < -0.4 is 16.4 Å². The molecule has 1 aromatic carbocycles. The van der Waals surface area contributed by atoms with Crippen LogP contribution in [0.4, 0.5) is 5.69 Å². The predicted octanol–water partition coefficient (Wildman–Crippen LogP) is 0.830. The number of nitrogens with one attached hydrogen (secondary N) is 2. The van der Waals surface area contributed by atoms with E-state index in [0.29, 0.717) is 6.54 Å². The van der Waals surface area contributed by atoms with Crippen molar-refractivity contribution in [1.29, 1.82) is 0 Å². The molecule has 0 aliphatic carbocycles. The molecule has 0 radical (unpaired) electrons. The lowest BCUT2D eigenvalue weighted by Crippen LogP contribution is -2.19. The van der Waals surface area contributed by atoms with Crippen molar-refractivity contribution < 1.29 is 4.79 Å². The summed E-state index contributed by atoms with van der Waals surface area (Å²) in [6.45, 7) is 1.79. The van der Waals surface area contributed by atoms with Crippen molar-refractivity contribution >= 4 is 28.9 Å². The highest BCUT2D eigenvalue weighted by Gasteiger charge is 1.93. The van der Waals surface area contributed by atoms with E-state index in [4.69, 9.17) is 18.0 Å². The Bertz CT molecular complexity index is 488. The van der Waals surface area contributed by atoms with Crippen LogP contribution in [0, 0.1) is 11.8 Å². The molecule has 1 aromatic rings. The normalized spacial score (nSPS) is 8.76. The number of amides is 1. The molecule has 0 aromatic heterocycles. The van der Waals surface area contributed by atoms with Crippen LogP contribution in [0.1, 0.15) is 12.5 Å². The van der Waals surface area contributed by atoms with Gasteiger partial charge in [0.2, 0.25) is 5.91 Å². The number of benzene rings is 1. The molecule has 1 amide bonds. The van der Waals surface area contributed by atoms with Crippen LogP contribution in [0.25, 0.3) is 0 Å². The molecule has 0 fully saturated rings. The van der Waals surface area contributed by atoms with Gasteiger partial charge in [-0.3, -0.25) is 4.79 Å². The molecule has 17 heavy (non-hydrogen) atoms. The summed E-state index contributed by atoms with van der Waals surface area (Å²) in [5, 5.41) is 5.64. The van der Waals surface area contributed by atoms with E-state index in [0.717, 1.165) is 11.3 Å². The number of carbonyl (C=O) groups is 1. The fraction of sp³-hybridized carbons (Fsp3) is 0.167. The largest absolute Gasteiger partial charge is 0.376 e. The molecule has 0 atom stereocenters. The Hall–Kier alpha value is -2.06. The Morgan fingerprint density at radius 3 is 2.94 bits per heavy atom. The quantitative estimate of drug-likeness (QED) is 0.535. The molecule has 0 aliphatic heterocycles. The number of rotatable bonds is 2. The zero-order chi connectivity index (χ0) is 12.7. The van der Waals surface area contributed by atoms with E-state index in [1.165, 1.54) is 6.92 Å². The third-order valence-electron chi connectivity index (χ3n) is 1.79. The highest BCUT2D eigenvalue weighted by Crippen LogP contribution is 2.08. The maximum Gasteiger partial charge on any atom is 0.217 e. The number of hydrogen-bond donors (Lipinski definition) is 3. The molecule has 0 unspecified atom stereocenters. The molecule has 0 saturated carbocycles. The minimum atomic E-state index is -0.0943. The van der Waals surface area contributed by atoms with Crippen molar-refractivity contribution in [2.24, 2.45) is 5.73 Å². The van der Waals surface area contributed by atoms with Crippen LogP contribution in [0.15, 0.2) is 24.3 Å². The van der Waals surface area contributed by atoms with Crippen molar-refractivity contribution in [2.75, 3.05) is 11.9 Å². The highest BCUT2D eigenvalue weighted by molar-refractivity contribution is 7.80. The first-order valence-electron chi connectivity index (χ1n) is 4.98. The average molecular weight is 247 g/mol. The second kappa shape index (κ2) is 6.51. The molecule has 1 rings (SSSR count). The minimum absolute atomic E-state index is 0.0943. The minimum Gasteiger partial charge on any atom is -0.376 e. The van der Waals surface area contributed by atoms with Crippen LogP contribution in [-0.4, -0.2) is 17.6 Å². The molecule has 4 nitrogen and oxygen atoms in total. The Morgan fingerprint density at radius 1 is 1.53 bits per heavy atom. The van der Waals surface area contributed by atoms with Gasteiger partial charge in [-0.05, 0) is 30.4 Å². The van der Waals surface area contributed by atoms with Crippen molar-refractivity contribution in [1.82, 2.24) is 5.32 Å². The fourth-order valence-electron chi connectivity index (χ4n) is 1.13. The van der Waals surface area contributed by atoms with Crippen LogP contribution in [0.5, 0.6) is 0 Å². The second-order valence-corrected chi connectivity index (χ2v) is 3.72. The number of thiocarbonyl (C=S) groups is 1. The van der Waals surface area contributed by atoms with Crippen LogP contribution in [0.2, 0.25) is 0 Å². The SMILES string of the molecule is CC(=O)NCC#Cc1cccc(NC(N)=S)c1. The summed E-state index contributed by atoms with van der Waals surface area (Å²) in [7, 11) is 0. The molecule has 0 heterocycles. The van der Waals surface area contributed by atoms with Gasteiger partial charge in [0.15, 0.2) is 5.11 Å². The van der Waals surface area contributed by atoms with Gasteiger partial charge in [0.05, 0.1) is 6.54 Å². The van der Waals surface area contributed by atoms with Crippen molar-refractivity contribution in [3.05, 3.63) is 29.8 Å². The summed E-state index contributed by atoms with van der Waals surface area (Å²) in [6, 6.07) is 7.40. The lowest BCUT2D eigenvalue weighted by molar-refractivity contribution is -0.118. The summed E-state index contributed by atoms with van der Waals surface area (Å²) < 4.78 is 0. The summed E-state index contributed by atoms with van der Waals surface area (Å²) in [5.41, 5.74) is 6.99. The van der Waals surface area contributed by atoms with Gasteiger partial charge in [0.1, 0.15) is 0 Å². The number of hydrogen-bond acceptors (Lipinski definition) is 2. The molecular formula is C12H13N3OS. The van der Waals surface area contributed by atoms with Gasteiger partial charge in [-0.2, -0.15) is 0 Å². The van der Waals surface area contributed by atoms with Gasteiger partial charge >= 0.3 is 0 Å². The topological polar surface area (TPSA) is 67.2 Å². The van der Waals surface area contributed by atoms with Crippen molar-refractivity contribution in [2.45, 2.75) is 6.92 Å². The first kappa shape index (κ1) is 13.0. The van der Waals surface area contributed by atoms with E-state index in [9.17, 15) is 4.79 Å². The van der Waals surface area contributed by atoms with Gasteiger partial charge in [-0.25, -0.2) is 0 Å². The van der Waals surface area contributed by atoms with E-state index in [-0.39, 0.29) is 11.0 Å². The molecule has 88 valence electrons. The molecule has 0 saturated heterocycles. The van der Waals surface area contributed by atoms with E-state index >= 15 is 0 Å². The molecule has 0 bridgehead atoms. The third kappa shape index (κ3) is 5.54. The lowest BCUT2D eigenvalue weighted by Gasteiger charge is -2.03. The predicted molar refractivity (Wildman–Crippen MR) is 72.4 cm³/mol. The van der Waals surface area contributed by atoms with E-state index in [2.05, 4.69) is 22.5 Å². The smallest absolute Gasteiger partial charge is 0.217 e. The number of anilines is 1.